The average Bonchev–Trinajstić information content (AvgIpc) is 2.39. The summed E-state index contributed by atoms with van der Waals surface area (Å²) in [5, 5.41) is 26.5. The van der Waals surface area contributed by atoms with E-state index in [1.807, 2.05) is 13.8 Å². The lowest BCUT2D eigenvalue weighted by atomic mass is 9.99. The highest BCUT2D eigenvalue weighted by Crippen LogP contribution is 2.10. The first-order valence-electron chi connectivity index (χ1n) is 6.86. The van der Waals surface area contributed by atoms with Crippen molar-refractivity contribution in [2.45, 2.75) is 45.6 Å². The minimum Gasteiger partial charge on any atom is -0.481 e. The van der Waals surface area contributed by atoms with E-state index in [0.717, 1.165) is 12.8 Å². The van der Waals surface area contributed by atoms with Gasteiger partial charge >= 0.3 is 17.9 Å². The molecule has 1 amide bonds. The van der Waals surface area contributed by atoms with E-state index >= 15 is 0 Å². The Hall–Kier alpha value is -2.16. The van der Waals surface area contributed by atoms with E-state index in [-0.39, 0.29) is 24.3 Å². The molecule has 0 aliphatic rings. The SMILES string of the molecule is CCCC(CNC(CC)C(N)=O)CC(=O)O.O=C(O)C(=O)O. The maximum absolute atomic E-state index is 11.0. The average molecular weight is 320 g/mol. The molecule has 9 nitrogen and oxygen atoms in total. The molecule has 2 atom stereocenters. The van der Waals surface area contributed by atoms with Gasteiger partial charge in [0.1, 0.15) is 0 Å². The number of rotatable bonds is 9. The zero-order valence-corrected chi connectivity index (χ0v) is 12.7. The Balaban J connectivity index is 0. The lowest BCUT2D eigenvalue weighted by Crippen LogP contribution is -2.43. The van der Waals surface area contributed by atoms with Crippen LogP contribution in [-0.4, -0.2) is 51.7 Å². The van der Waals surface area contributed by atoms with Gasteiger partial charge in [0.15, 0.2) is 0 Å². The van der Waals surface area contributed by atoms with E-state index in [2.05, 4.69) is 5.32 Å². The third kappa shape index (κ3) is 12.9. The molecule has 0 aromatic carbocycles. The van der Waals surface area contributed by atoms with Crippen LogP contribution in [0.4, 0.5) is 0 Å². The van der Waals surface area contributed by atoms with Gasteiger partial charge in [0, 0.05) is 6.42 Å². The Morgan fingerprint density at radius 3 is 1.82 bits per heavy atom. The predicted molar refractivity (Wildman–Crippen MR) is 77.2 cm³/mol. The lowest BCUT2D eigenvalue weighted by Gasteiger charge is -2.18. The summed E-state index contributed by atoms with van der Waals surface area (Å²) >= 11 is 0. The molecule has 0 fully saturated rings. The molecular weight excluding hydrogens is 296 g/mol. The molecule has 0 aliphatic heterocycles. The third-order valence-corrected chi connectivity index (χ3v) is 2.75. The molecule has 0 bridgehead atoms. The first kappa shape index (κ1) is 22.1. The van der Waals surface area contributed by atoms with Gasteiger partial charge in [-0.2, -0.15) is 0 Å². The van der Waals surface area contributed by atoms with E-state index in [1.54, 1.807) is 0 Å². The maximum Gasteiger partial charge on any atom is 0.414 e. The van der Waals surface area contributed by atoms with Crippen molar-refractivity contribution in [1.29, 1.82) is 0 Å². The molecular formula is C13H24N2O7. The van der Waals surface area contributed by atoms with Gasteiger partial charge in [-0.1, -0.05) is 20.3 Å². The number of aliphatic carboxylic acids is 3. The fourth-order valence-corrected chi connectivity index (χ4v) is 1.69. The lowest BCUT2D eigenvalue weighted by molar-refractivity contribution is -0.159. The molecule has 6 N–H and O–H groups in total. The number of carbonyl (C=O) groups excluding carboxylic acids is 1. The van der Waals surface area contributed by atoms with Gasteiger partial charge in [0.25, 0.3) is 0 Å². The Kier molecular flexibility index (Phi) is 12.6. The topological polar surface area (TPSA) is 167 Å². The van der Waals surface area contributed by atoms with Crippen LogP contribution in [-0.2, 0) is 19.2 Å². The number of carbonyl (C=O) groups is 4. The van der Waals surface area contributed by atoms with E-state index in [9.17, 15) is 9.59 Å². The second-order valence-corrected chi connectivity index (χ2v) is 4.63. The number of amides is 1. The Bertz CT molecular complexity index is 373. The summed E-state index contributed by atoms with van der Waals surface area (Å²) in [4.78, 5) is 39.8. The third-order valence-electron chi connectivity index (χ3n) is 2.75. The second-order valence-electron chi connectivity index (χ2n) is 4.63. The fourth-order valence-electron chi connectivity index (χ4n) is 1.69. The van der Waals surface area contributed by atoms with Crippen molar-refractivity contribution in [2.75, 3.05) is 6.54 Å². The quantitative estimate of drug-likeness (QED) is 0.367. The molecule has 0 aromatic rings. The van der Waals surface area contributed by atoms with Gasteiger partial charge < -0.3 is 26.4 Å². The van der Waals surface area contributed by atoms with Crippen LogP contribution >= 0.6 is 0 Å². The molecule has 0 heterocycles. The van der Waals surface area contributed by atoms with Crippen LogP contribution in [0.2, 0.25) is 0 Å². The van der Waals surface area contributed by atoms with Crippen LogP contribution in [0, 0.1) is 5.92 Å². The molecule has 0 saturated carbocycles. The molecule has 2 unspecified atom stereocenters. The molecule has 0 rings (SSSR count). The molecule has 0 aliphatic carbocycles. The number of hydrogen-bond acceptors (Lipinski definition) is 5. The van der Waals surface area contributed by atoms with Crippen molar-refractivity contribution in [3.05, 3.63) is 0 Å². The predicted octanol–water partition coefficient (Wildman–Crippen LogP) is -0.113. The van der Waals surface area contributed by atoms with Crippen LogP contribution in [0.3, 0.4) is 0 Å². The summed E-state index contributed by atoms with van der Waals surface area (Å²) in [6.07, 6.45) is 2.54. The van der Waals surface area contributed by atoms with Crippen LogP contribution in [0.1, 0.15) is 39.5 Å². The van der Waals surface area contributed by atoms with Gasteiger partial charge in [0.05, 0.1) is 6.04 Å². The smallest absolute Gasteiger partial charge is 0.414 e. The van der Waals surface area contributed by atoms with Crippen LogP contribution < -0.4 is 11.1 Å². The van der Waals surface area contributed by atoms with Crippen LogP contribution in [0.5, 0.6) is 0 Å². The highest BCUT2D eigenvalue weighted by molar-refractivity contribution is 6.27. The highest BCUT2D eigenvalue weighted by atomic mass is 16.4. The van der Waals surface area contributed by atoms with Crippen LogP contribution in [0.15, 0.2) is 0 Å². The molecule has 0 radical (unpaired) electrons. The summed E-state index contributed by atoms with van der Waals surface area (Å²) in [6.45, 7) is 4.41. The van der Waals surface area contributed by atoms with Crippen molar-refractivity contribution in [3.8, 4) is 0 Å². The number of nitrogens with two attached hydrogens (primary N) is 1. The van der Waals surface area contributed by atoms with E-state index in [0.29, 0.717) is 13.0 Å². The molecule has 128 valence electrons. The van der Waals surface area contributed by atoms with Crippen molar-refractivity contribution >= 4 is 23.8 Å². The summed E-state index contributed by atoms with van der Waals surface area (Å²) in [5.41, 5.74) is 5.19. The molecule has 0 spiro atoms. The minimum atomic E-state index is -1.82. The number of carboxylic acids is 3. The Morgan fingerprint density at radius 1 is 1.05 bits per heavy atom. The Labute approximate surface area is 128 Å². The summed E-state index contributed by atoms with van der Waals surface area (Å²) < 4.78 is 0. The van der Waals surface area contributed by atoms with Gasteiger partial charge in [-0.25, -0.2) is 9.59 Å². The van der Waals surface area contributed by atoms with Crippen molar-refractivity contribution in [3.63, 3.8) is 0 Å². The van der Waals surface area contributed by atoms with E-state index < -0.39 is 17.9 Å². The summed E-state index contributed by atoms with van der Waals surface area (Å²) in [7, 11) is 0. The standard InChI is InChI=1S/C11H22N2O3.C2H2O4/c1-3-5-8(6-10(14)15)7-13-9(4-2)11(12)16;3-1(4)2(5)6/h8-9,13H,3-7H2,1-2H3,(H2,12,16)(H,14,15);(H,3,4)(H,5,6). The van der Waals surface area contributed by atoms with Crippen molar-refractivity contribution < 1.29 is 34.5 Å². The first-order chi connectivity index (χ1) is 10.1. The van der Waals surface area contributed by atoms with Crippen molar-refractivity contribution in [2.24, 2.45) is 11.7 Å². The summed E-state index contributed by atoms with van der Waals surface area (Å²) in [6, 6.07) is -0.354. The van der Waals surface area contributed by atoms with Gasteiger partial charge in [-0.3, -0.25) is 9.59 Å². The normalized spacial score (nSPS) is 12.5. The number of nitrogens with one attached hydrogen (secondary N) is 1. The zero-order chi connectivity index (χ0) is 17.7. The maximum atomic E-state index is 11.0. The molecule has 0 saturated heterocycles. The molecule has 22 heavy (non-hydrogen) atoms. The largest absolute Gasteiger partial charge is 0.481 e. The minimum absolute atomic E-state index is 0.0656. The van der Waals surface area contributed by atoms with Gasteiger partial charge in [-0.15, -0.1) is 0 Å². The van der Waals surface area contributed by atoms with E-state index in [1.165, 1.54) is 0 Å². The zero-order valence-electron chi connectivity index (χ0n) is 12.7. The first-order valence-corrected chi connectivity index (χ1v) is 6.86. The highest BCUT2D eigenvalue weighted by Gasteiger charge is 2.16. The monoisotopic (exact) mass is 320 g/mol. The van der Waals surface area contributed by atoms with Gasteiger partial charge in [0.2, 0.25) is 5.91 Å². The number of primary amides is 1. The fraction of sp³-hybridized carbons (Fsp3) is 0.692. The Morgan fingerprint density at radius 2 is 1.55 bits per heavy atom. The van der Waals surface area contributed by atoms with Crippen molar-refractivity contribution in [1.82, 2.24) is 5.32 Å². The van der Waals surface area contributed by atoms with E-state index in [4.69, 9.17) is 30.6 Å². The molecule has 9 heteroatoms. The summed E-state index contributed by atoms with van der Waals surface area (Å²) in [5.74, 6) is -4.76. The van der Waals surface area contributed by atoms with Crippen LogP contribution in [0.25, 0.3) is 0 Å². The van der Waals surface area contributed by atoms with Gasteiger partial charge in [-0.05, 0) is 25.3 Å². The second kappa shape index (κ2) is 12.6. The molecule has 0 aromatic heterocycles. The number of carboxylic acid groups (broad SMARTS) is 3. The number of hydrogen-bond donors (Lipinski definition) is 5.